The van der Waals surface area contributed by atoms with Crippen LogP contribution >= 0.6 is 11.3 Å². The van der Waals surface area contributed by atoms with Gasteiger partial charge in [0.1, 0.15) is 0 Å². The molecule has 0 amide bonds. The molecule has 1 aliphatic heterocycles. The minimum Gasteiger partial charge on any atom is -0.337 e. The number of fused-ring (bicyclic) bond motifs is 9. The van der Waals surface area contributed by atoms with Crippen molar-refractivity contribution < 1.29 is 0 Å². The lowest BCUT2D eigenvalue weighted by Crippen LogP contribution is -2.29. The first kappa shape index (κ1) is 29.9. The Balaban J connectivity index is 1.07. The van der Waals surface area contributed by atoms with Crippen molar-refractivity contribution in [3.63, 3.8) is 0 Å². The number of rotatable bonds is 4. The van der Waals surface area contributed by atoms with Crippen LogP contribution in [-0.2, 0) is 6.42 Å². The first-order chi connectivity index (χ1) is 25.3. The van der Waals surface area contributed by atoms with Crippen molar-refractivity contribution in [1.82, 2.24) is 19.4 Å². The summed E-state index contributed by atoms with van der Waals surface area (Å²) in [5.74, 6) is 1.30. The van der Waals surface area contributed by atoms with Gasteiger partial charge < -0.3 is 9.47 Å². The molecule has 0 radical (unpaired) electrons. The van der Waals surface area contributed by atoms with Gasteiger partial charge in [0.15, 0.2) is 5.82 Å². The van der Waals surface area contributed by atoms with Crippen molar-refractivity contribution in [1.29, 1.82) is 0 Å². The Bertz CT molecular complexity index is 2480. The molecule has 51 heavy (non-hydrogen) atoms. The van der Waals surface area contributed by atoms with Crippen LogP contribution in [0.15, 0.2) is 96.0 Å². The highest BCUT2D eigenvalue weighted by Crippen LogP contribution is 2.55. The standard InChI is InChI=1S/C46H42N4S/c1-4-14-29(15-5-1)42-45-43(48-46(47-42)30-16-6-2-7-17-30)36-25-24-32(28-40(36)51-45)49-38-23-13-11-21-35(38)41-39(49)27-26-34-33-20-10-12-22-37(33)50(44(34)41)31-18-8-3-9-19-31/h1-2,4,6,8,10,13-14,16,18-20,23,25-28,32,34,44H,3,5,7,9,11-12,15,17,21-22,24H2. The summed E-state index contributed by atoms with van der Waals surface area (Å²) in [7, 11) is 0. The second-order valence-corrected chi connectivity index (χ2v) is 16.1. The average molecular weight is 683 g/mol. The Morgan fingerprint density at radius 1 is 0.725 bits per heavy atom. The number of thiophene rings is 1. The van der Waals surface area contributed by atoms with Gasteiger partial charge in [-0.05, 0) is 117 Å². The molecule has 8 aliphatic rings. The SMILES string of the molecule is C1=CCCC(c2nc(C3=CC=CCC3)c3sc4c(c3n2)=CCC(n2c3c(c5c2C=CC2C6=C(CCC=C6)N(C6=CCCC=C6)C52)CCC=C3)C=4)=C1. The normalized spacial score (nSPS) is 25.5. The van der Waals surface area contributed by atoms with Crippen molar-refractivity contribution in [3.05, 3.63) is 140 Å². The molecule has 3 aromatic heterocycles. The first-order valence-electron chi connectivity index (χ1n) is 19.2. The van der Waals surface area contributed by atoms with Crippen molar-refractivity contribution in [2.75, 3.05) is 0 Å². The fraction of sp³-hybridized carbons (Fsp3) is 0.304. The molecular formula is C46H42N4S. The molecule has 0 N–H and O–H groups in total. The van der Waals surface area contributed by atoms with Gasteiger partial charge in [0.05, 0.1) is 28.0 Å². The van der Waals surface area contributed by atoms with E-state index in [-0.39, 0.29) is 6.04 Å². The molecule has 7 aliphatic carbocycles. The van der Waals surface area contributed by atoms with E-state index in [1.807, 2.05) is 11.3 Å². The number of hydrogen-bond acceptors (Lipinski definition) is 4. The fourth-order valence-corrected chi connectivity index (χ4v) is 11.2. The maximum atomic E-state index is 5.33. The van der Waals surface area contributed by atoms with E-state index < -0.39 is 0 Å². The summed E-state index contributed by atoms with van der Waals surface area (Å²) in [5.41, 5.74) is 15.3. The van der Waals surface area contributed by atoms with Crippen LogP contribution in [0, 0.1) is 5.92 Å². The third-order valence-electron chi connectivity index (χ3n) is 12.2. The number of allylic oxidation sites excluding steroid dienone is 15. The quantitative estimate of drug-likeness (QED) is 0.275. The molecule has 4 heterocycles. The van der Waals surface area contributed by atoms with Gasteiger partial charge in [-0.3, -0.25) is 0 Å². The van der Waals surface area contributed by atoms with Gasteiger partial charge >= 0.3 is 0 Å². The molecule has 11 rings (SSSR count). The minimum atomic E-state index is 0.247. The van der Waals surface area contributed by atoms with E-state index in [9.17, 15) is 0 Å². The molecule has 0 spiro atoms. The zero-order valence-corrected chi connectivity index (χ0v) is 29.8. The highest BCUT2D eigenvalue weighted by atomic mass is 32.1. The number of aromatic nitrogens is 3. The lowest BCUT2D eigenvalue weighted by Gasteiger charge is -2.36. The van der Waals surface area contributed by atoms with Crippen molar-refractivity contribution in [3.8, 4) is 0 Å². The third-order valence-corrected chi connectivity index (χ3v) is 13.3. The summed E-state index contributed by atoms with van der Waals surface area (Å²) in [4.78, 5) is 13.4. The van der Waals surface area contributed by atoms with Crippen LogP contribution in [0.3, 0.4) is 0 Å². The Morgan fingerprint density at radius 2 is 1.55 bits per heavy atom. The van der Waals surface area contributed by atoms with Crippen LogP contribution in [-0.4, -0.2) is 19.4 Å². The largest absolute Gasteiger partial charge is 0.337 e. The fourth-order valence-electron chi connectivity index (χ4n) is 9.90. The predicted molar refractivity (Wildman–Crippen MR) is 213 cm³/mol. The summed E-state index contributed by atoms with van der Waals surface area (Å²) in [6, 6.07) is 0.566. The van der Waals surface area contributed by atoms with Gasteiger partial charge in [-0.25, -0.2) is 9.97 Å². The van der Waals surface area contributed by atoms with E-state index in [4.69, 9.17) is 9.97 Å². The summed E-state index contributed by atoms with van der Waals surface area (Å²) in [6.07, 6.45) is 52.3. The van der Waals surface area contributed by atoms with Crippen molar-refractivity contribution in [2.24, 2.45) is 5.92 Å². The van der Waals surface area contributed by atoms with Gasteiger partial charge in [0.25, 0.3) is 0 Å². The first-order valence-corrected chi connectivity index (χ1v) is 20.1. The van der Waals surface area contributed by atoms with Crippen LogP contribution in [0.25, 0.3) is 45.7 Å². The van der Waals surface area contributed by atoms with E-state index in [0.29, 0.717) is 12.0 Å². The maximum absolute atomic E-state index is 5.33. The van der Waals surface area contributed by atoms with E-state index in [1.54, 1.807) is 16.8 Å². The minimum absolute atomic E-state index is 0.247. The summed E-state index contributed by atoms with van der Waals surface area (Å²) >= 11 is 1.90. The molecule has 4 nitrogen and oxygen atoms in total. The second kappa shape index (κ2) is 11.9. The van der Waals surface area contributed by atoms with Gasteiger partial charge in [0, 0.05) is 44.0 Å². The molecule has 3 atom stereocenters. The molecule has 3 aromatic rings. The molecule has 3 unspecified atom stereocenters. The molecule has 0 fully saturated rings. The molecule has 5 heteroatoms. The predicted octanol–water partition coefficient (Wildman–Crippen LogP) is 9.96. The monoisotopic (exact) mass is 682 g/mol. The van der Waals surface area contributed by atoms with Crippen LogP contribution in [0.2, 0.25) is 0 Å². The van der Waals surface area contributed by atoms with Gasteiger partial charge in [-0.2, -0.15) is 0 Å². The Hall–Kier alpha value is -4.74. The van der Waals surface area contributed by atoms with Crippen LogP contribution in [0.4, 0.5) is 0 Å². The summed E-state index contributed by atoms with van der Waals surface area (Å²) in [5, 5.41) is 1.30. The van der Waals surface area contributed by atoms with Gasteiger partial charge in [-0.15, -0.1) is 11.3 Å². The Kier molecular flexibility index (Phi) is 6.99. The molecule has 0 saturated carbocycles. The topological polar surface area (TPSA) is 34.0 Å². The number of hydrogen-bond donors (Lipinski definition) is 0. The zero-order chi connectivity index (χ0) is 33.5. The molecule has 0 saturated heterocycles. The van der Waals surface area contributed by atoms with Gasteiger partial charge in [-0.1, -0.05) is 79.0 Å². The highest BCUT2D eigenvalue weighted by molar-refractivity contribution is 7.17. The van der Waals surface area contributed by atoms with E-state index >= 15 is 0 Å². The average Bonchev–Trinajstić information content (AvgIpc) is 3.86. The smallest absolute Gasteiger partial charge is 0.156 e. The maximum Gasteiger partial charge on any atom is 0.156 e. The van der Waals surface area contributed by atoms with Crippen molar-refractivity contribution in [2.45, 2.75) is 82.7 Å². The van der Waals surface area contributed by atoms with Crippen LogP contribution in [0.1, 0.15) is 110 Å². The summed E-state index contributed by atoms with van der Waals surface area (Å²) < 4.78 is 5.29. The lowest BCUT2D eigenvalue weighted by atomic mass is 9.81. The highest BCUT2D eigenvalue weighted by Gasteiger charge is 2.46. The zero-order valence-electron chi connectivity index (χ0n) is 29.0. The molecular weight excluding hydrogens is 641 g/mol. The summed E-state index contributed by atoms with van der Waals surface area (Å²) in [6.45, 7) is 0. The Morgan fingerprint density at radius 3 is 2.39 bits per heavy atom. The van der Waals surface area contributed by atoms with E-state index in [2.05, 4.69) is 113 Å². The number of nitrogens with zero attached hydrogens (tertiary/aromatic N) is 4. The molecule has 0 bridgehead atoms. The molecule has 252 valence electrons. The van der Waals surface area contributed by atoms with Crippen LogP contribution in [0.5, 0.6) is 0 Å². The lowest BCUT2D eigenvalue weighted by molar-refractivity contribution is 0.314. The van der Waals surface area contributed by atoms with Crippen molar-refractivity contribution >= 4 is 57.0 Å². The van der Waals surface area contributed by atoms with E-state index in [1.165, 1.54) is 48.3 Å². The Labute approximate surface area is 303 Å². The van der Waals surface area contributed by atoms with Gasteiger partial charge in [0.2, 0.25) is 0 Å². The van der Waals surface area contributed by atoms with Crippen LogP contribution < -0.4 is 9.75 Å². The second-order valence-electron chi connectivity index (χ2n) is 15.1. The van der Waals surface area contributed by atoms with E-state index in [0.717, 1.165) is 87.7 Å². The third kappa shape index (κ3) is 4.63. The molecule has 0 aromatic carbocycles.